The van der Waals surface area contributed by atoms with Crippen molar-refractivity contribution in [2.24, 2.45) is 0 Å². The van der Waals surface area contributed by atoms with Gasteiger partial charge in [-0.1, -0.05) is 25.1 Å². The van der Waals surface area contributed by atoms with Crippen LogP contribution in [0.3, 0.4) is 0 Å². The van der Waals surface area contributed by atoms with Crippen LogP contribution in [0.2, 0.25) is 0 Å². The highest BCUT2D eigenvalue weighted by Gasteiger charge is 2.20. The first kappa shape index (κ1) is 17.8. The van der Waals surface area contributed by atoms with Crippen molar-refractivity contribution in [2.45, 2.75) is 44.2 Å². The Labute approximate surface area is 142 Å². The fourth-order valence-corrected chi connectivity index (χ4v) is 2.79. The Bertz CT molecular complexity index is 643. The third-order valence-electron chi connectivity index (χ3n) is 3.87. The van der Waals surface area contributed by atoms with Crippen LogP contribution in [-0.4, -0.2) is 35.5 Å². The van der Waals surface area contributed by atoms with E-state index in [-0.39, 0.29) is 12.0 Å². The summed E-state index contributed by atoms with van der Waals surface area (Å²) in [4.78, 5) is 7.82. The molecule has 0 amide bonds. The number of aromatic nitrogens is 2. The molecule has 0 spiro atoms. The molecule has 0 unspecified atom stereocenters. The summed E-state index contributed by atoms with van der Waals surface area (Å²) < 4.78 is 10.9. The average Bonchev–Trinajstić information content (AvgIpc) is 3.04. The van der Waals surface area contributed by atoms with E-state index in [0.717, 1.165) is 23.0 Å². The highest BCUT2D eigenvalue weighted by Crippen LogP contribution is 2.29. The van der Waals surface area contributed by atoms with E-state index < -0.39 is 0 Å². The number of rotatable bonds is 7. The van der Waals surface area contributed by atoms with Gasteiger partial charge in [-0.2, -0.15) is 4.98 Å². The zero-order valence-electron chi connectivity index (χ0n) is 14.7. The SMILES string of the molecule is COc1cc(CN(C)[C@H](C)c2nc(C(C)C)no2)ccc1SC. The van der Waals surface area contributed by atoms with Gasteiger partial charge in [-0.15, -0.1) is 11.8 Å². The van der Waals surface area contributed by atoms with Gasteiger partial charge < -0.3 is 9.26 Å². The monoisotopic (exact) mass is 335 g/mol. The number of hydrogen-bond acceptors (Lipinski definition) is 6. The second-order valence-corrected chi connectivity index (χ2v) is 6.77. The van der Waals surface area contributed by atoms with E-state index in [1.807, 2.05) is 6.26 Å². The summed E-state index contributed by atoms with van der Waals surface area (Å²) >= 11 is 1.68. The first-order valence-electron chi connectivity index (χ1n) is 7.70. The molecule has 0 fully saturated rings. The van der Waals surface area contributed by atoms with Crippen LogP contribution >= 0.6 is 11.8 Å². The minimum Gasteiger partial charge on any atom is -0.496 e. The average molecular weight is 335 g/mol. The number of thioether (sulfide) groups is 1. The molecule has 1 aromatic carbocycles. The lowest BCUT2D eigenvalue weighted by atomic mass is 10.1. The third kappa shape index (κ3) is 4.26. The van der Waals surface area contributed by atoms with Gasteiger partial charge in [-0.25, -0.2) is 0 Å². The maximum atomic E-state index is 5.45. The van der Waals surface area contributed by atoms with Crippen molar-refractivity contribution in [1.82, 2.24) is 15.0 Å². The summed E-state index contributed by atoms with van der Waals surface area (Å²) in [6, 6.07) is 6.37. The van der Waals surface area contributed by atoms with Gasteiger partial charge in [0, 0.05) is 17.4 Å². The van der Waals surface area contributed by atoms with E-state index in [0.29, 0.717) is 5.89 Å². The van der Waals surface area contributed by atoms with E-state index in [9.17, 15) is 0 Å². The maximum Gasteiger partial charge on any atom is 0.243 e. The van der Waals surface area contributed by atoms with Gasteiger partial charge in [0.1, 0.15) is 5.75 Å². The topological polar surface area (TPSA) is 51.4 Å². The molecule has 0 bridgehead atoms. The Hall–Kier alpha value is -1.53. The van der Waals surface area contributed by atoms with Crippen LogP contribution in [0.5, 0.6) is 5.75 Å². The van der Waals surface area contributed by atoms with E-state index in [4.69, 9.17) is 9.26 Å². The molecule has 0 saturated heterocycles. The molecule has 2 rings (SSSR count). The molecular formula is C17H25N3O2S. The molecule has 0 aliphatic carbocycles. The van der Waals surface area contributed by atoms with Crippen LogP contribution in [0.4, 0.5) is 0 Å². The summed E-state index contributed by atoms with van der Waals surface area (Å²) in [7, 11) is 3.76. The zero-order chi connectivity index (χ0) is 17.0. The van der Waals surface area contributed by atoms with Crippen molar-refractivity contribution in [3.63, 3.8) is 0 Å². The van der Waals surface area contributed by atoms with Crippen molar-refractivity contribution in [2.75, 3.05) is 20.4 Å². The first-order valence-corrected chi connectivity index (χ1v) is 8.93. The molecule has 1 atom stereocenters. The van der Waals surface area contributed by atoms with Crippen molar-refractivity contribution in [3.8, 4) is 5.75 Å². The Morgan fingerprint density at radius 1 is 1.30 bits per heavy atom. The van der Waals surface area contributed by atoms with Crippen LogP contribution < -0.4 is 4.74 Å². The van der Waals surface area contributed by atoms with Crippen LogP contribution in [0.1, 0.15) is 50.0 Å². The summed E-state index contributed by atoms with van der Waals surface area (Å²) in [5, 5.41) is 4.04. The van der Waals surface area contributed by atoms with Crippen molar-refractivity contribution in [3.05, 3.63) is 35.5 Å². The van der Waals surface area contributed by atoms with Gasteiger partial charge >= 0.3 is 0 Å². The molecule has 5 nitrogen and oxygen atoms in total. The molecule has 1 heterocycles. The molecule has 1 aromatic heterocycles. The summed E-state index contributed by atoms with van der Waals surface area (Å²) in [5.74, 6) is 2.60. The van der Waals surface area contributed by atoms with Gasteiger partial charge in [0.25, 0.3) is 0 Å². The van der Waals surface area contributed by atoms with Crippen molar-refractivity contribution < 1.29 is 9.26 Å². The zero-order valence-corrected chi connectivity index (χ0v) is 15.5. The second-order valence-electron chi connectivity index (χ2n) is 5.93. The smallest absolute Gasteiger partial charge is 0.243 e. The minimum atomic E-state index is 0.0567. The molecule has 0 N–H and O–H groups in total. The molecule has 23 heavy (non-hydrogen) atoms. The number of benzene rings is 1. The van der Waals surface area contributed by atoms with Gasteiger partial charge in [0.05, 0.1) is 13.2 Å². The standard InChI is InChI=1S/C17H25N3O2S/c1-11(2)16-18-17(22-19-16)12(3)20(4)10-13-7-8-15(23-6)14(9-13)21-5/h7-9,11-12H,10H2,1-6H3/t12-/m1/s1. The molecule has 0 aliphatic heterocycles. The summed E-state index contributed by atoms with van der Waals surface area (Å²) in [6.45, 7) is 6.97. The van der Waals surface area contributed by atoms with Gasteiger partial charge in [0.2, 0.25) is 5.89 Å². The highest BCUT2D eigenvalue weighted by atomic mass is 32.2. The quantitative estimate of drug-likeness (QED) is 0.710. The summed E-state index contributed by atoms with van der Waals surface area (Å²) in [5.41, 5.74) is 1.19. The lowest BCUT2D eigenvalue weighted by Gasteiger charge is -2.22. The molecule has 0 saturated carbocycles. The van der Waals surface area contributed by atoms with Gasteiger partial charge in [-0.3, -0.25) is 4.90 Å². The predicted octanol–water partition coefficient (Wildman–Crippen LogP) is 4.12. The fraction of sp³-hybridized carbons (Fsp3) is 0.529. The van der Waals surface area contributed by atoms with Gasteiger partial charge in [-0.05, 0) is 37.9 Å². The molecule has 0 aliphatic rings. The Kier molecular flexibility index (Phi) is 6.07. The Morgan fingerprint density at radius 3 is 2.61 bits per heavy atom. The molecule has 6 heteroatoms. The fourth-order valence-electron chi connectivity index (χ4n) is 2.24. The lowest BCUT2D eigenvalue weighted by Crippen LogP contribution is -2.22. The van der Waals surface area contributed by atoms with Crippen LogP contribution in [0.25, 0.3) is 0 Å². The van der Waals surface area contributed by atoms with Crippen LogP contribution in [0, 0.1) is 0 Å². The van der Waals surface area contributed by atoms with E-state index in [1.54, 1.807) is 18.9 Å². The van der Waals surface area contributed by atoms with Gasteiger partial charge in [0.15, 0.2) is 5.82 Å². The largest absolute Gasteiger partial charge is 0.496 e. The normalized spacial score (nSPS) is 12.9. The molecule has 126 valence electrons. The Balaban J connectivity index is 2.09. The second kappa shape index (κ2) is 7.84. The van der Waals surface area contributed by atoms with Crippen molar-refractivity contribution >= 4 is 11.8 Å². The molecular weight excluding hydrogens is 310 g/mol. The Morgan fingerprint density at radius 2 is 2.04 bits per heavy atom. The number of hydrogen-bond donors (Lipinski definition) is 0. The first-order chi connectivity index (χ1) is 11.0. The van der Waals surface area contributed by atoms with Crippen LogP contribution in [0.15, 0.2) is 27.6 Å². The number of ether oxygens (including phenoxy) is 1. The lowest BCUT2D eigenvalue weighted by molar-refractivity contribution is 0.202. The highest BCUT2D eigenvalue weighted by molar-refractivity contribution is 7.98. The number of methoxy groups -OCH3 is 1. The van der Waals surface area contributed by atoms with Crippen LogP contribution in [-0.2, 0) is 6.54 Å². The van der Waals surface area contributed by atoms with E-state index >= 15 is 0 Å². The third-order valence-corrected chi connectivity index (χ3v) is 4.65. The predicted molar refractivity (Wildman–Crippen MR) is 93.0 cm³/mol. The molecule has 2 aromatic rings. The minimum absolute atomic E-state index is 0.0567. The van der Waals surface area contributed by atoms with E-state index in [2.05, 4.69) is 61.1 Å². The maximum absolute atomic E-state index is 5.45. The molecule has 0 radical (unpaired) electrons. The summed E-state index contributed by atoms with van der Waals surface area (Å²) in [6.07, 6.45) is 2.05. The van der Waals surface area contributed by atoms with Crippen molar-refractivity contribution in [1.29, 1.82) is 0 Å². The van der Waals surface area contributed by atoms with E-state index in [1.165, 1.54) is 5.56 Å². The number of nitrogens with zero attached hydrogens (tertiary/aromatic N) is 3.